The zero-order valence-corrected chi connectivity index (χ0v) is 5.83. The minimum Gasteiger partial charge on any atom is -0.461 e. The highest BCUT2D eigenvalue weighted by atomic mass is 16.3. The predicted molar refractivity (Wildman–Crippen MR) is 35.4 cm³/mol. The average molecular weight is 140 g/mol. The number of rotatable bonds is 2. The molecular formula is C7H10NO2+. The van der Waals surface area contributed by atoms with Gasteiger partial charge in [0.05, 0.1) is 6.26 Å². The number of Topliss-reactive ketones (excluding diaryl/α,β-unsaturated/α-hetero) is 1. The van der Waals surface area contributed by atoms with Crippen LogP contribution in [0.15, 0.2) is 22.8 Å². The van der Waals surface area contributed by atoms with Crippen LogP contribution in [0.1, 0.15) is 17.5 Å². The van der Waals surface area contributed by atoms with Crippen molar-refractivity contribution >= 4 is 5.78 Å². The molecule has 3 N–H and O–H groups in total. The van der Waals surface area contributed by atoms with E-state index in [9.17, 15) is 4.79 Å². The molecule has 10 heavy (non-hydrogen) atoms. The third-order valence-electron chi connectivity index (χ3n) is 1.21. The molecule has 1 unspecified atom stereocenters. The Kier molecular flexibility index (Phi) is 1.87. The second-order valence-corrected chi connectivity index (χ2v) is 2.24. The molecule has 0 amide bonds. The van der Waals surface area contributed by atoms with Crippen LogP contribution in [0.2, 0.25) is 0 Å². The molecule has 0 aromatic carbocycles. The normalized spacial score (nSPS) is 13.0. The standard InChI is InChI=1S/C7H9NO2/c1-5(8)7(9)6-3-2-4-10-6/h2-5H,8H2,1H3/p+1. The molecule has 0 spiro atoms. The van der Waals surface area contributed by atoms with Gasteiger partial charge in [0.2, 0.25) is 0 Å². The monoisotopic (exact) mass is 140 g/mol. The first kappa shape index (κ1) is 7.02. The molecule has 0 saturated carbocycles. The van der Waals surface area contributed by atoms with E-state index < -0.39 is 0 Å². The fourth-order valence-corrected chi connectivity index (χ4v) is 0.662. The van der Waals surface area contributed by atoms with Gasteiger partial charge in [-0.15, -0.1) is 0 Å². The zero-order chi connectivity index (χ0) is 7.56. The van der Waals surface area contributed by atoms with Gasteiger partial charge >= 0.3 is 0 Å². The van der Waals surface area contributed by atoms with Crippen molar-refractivity contribution in [1.29, 1.82) is 0 Å². The van der Waals surface area contributed by atoms with Crippen LogP contribution in [0.3, 0.4) is 0 Å². The molecule has 0 saturated heterocycles. The maximum Gasteiger partial charge on any atom is 0.254 e. The van der Waals surface area contributed by atoms with Crippen LogP contribution < -0.4 is 5.73 Å². The number of quaternary nitrogens is 1. The van der Waals surface area contributed by atoms with E-state index in [0.717, 1.165) is 0 Å². The van der Waals surface area contributed by atoms with Crippen molar-refractivity contribution in [1.82, 2.24) is 0 Å². The lowest BCUT2D eigenvalue weighted by molar-refractivity contribution is -0.393. The van der Waals surface area contributed by atoms with Crippen LogP contribution in [0.4, 0.5) is 0 Å². The Bertz CT molecular complexity index is 214. The van der Waals surface area contributed by atoms with E-state index in [0.29, 0.717) is 5.76 Å². The summed E-state index contributed by atoms with van der Waals surface area (Å²) in [4.78, 5) is 11.0. The second kappa shape index (κ2) is 2.66. The van der Waals surface area contributed by atoms with Crippen molar-refractivity contribution in [2.24, 2.45) is 0 Å². The fourth-order valence-electron chi connectivity index (χ4n) is 0.662. The molecule has 0 bridgehead atoms. The van der Waals surface area contributed by atoms with Gasteiger partial charge in [-0.3, -0.25) is 4.79 Å². The number of hydrogen-bond acceptors (Lipinski definition) is 2. The van der Waals surface area contributed by atoms with E-state index in [-0.39, 0.29) is 11.8 Å². The van der Waals surface area contributed by atoms with Crippen molar-refractivity contribution in [3.63, 3.8) is 0 Å². The maximum absolute atomic E-state index is 11.0. The molecule has 1 aromatic rings. The van der Waals surface area contributed by atoms with E-state index >= 15 is 0 Å². The highest BCUT2D eigenvalue weighted by molar-refractivity contribution is 5.96. The van der Waals surface area contributed by atoms with Gasteiger partial charge in [0.25, 0.3) is 5.78 Å². The molecule has 3 heteroatoms. The number of carbonyl (C=O) groups excluding carboxylic acids is 1. The van der Waals surface area contributed by atoms with Crippen molar-refractivity contribution in [3.05, 3.63) is 24.2 Å². The topological polar surface area (TPSA) is 57.9 Å². The van der Waals surface area contributed by atoms with E-state index in [2.05, 4.69) is 5.73 Å². The number of hydrogen-bond donors (Lipinski definition) is 1. The quantitative estimate of drug-likeness (QED) is 0.592. The minimum absolute atomic E-state index is 0.0509. The summed E-state index contributed by atoms with van der Waals surface area (Å²) in [5.41, 5.74) is 3.58. The summed E-state index contributed by atoms with van der Waals surface area (Å²) < 4.78 is 4.87. The Morgan fingerprint density at radius 1 is 1.80 bits per heavy atom. The van der Waals surface area contributed by atoms with Crippen LogP contribution in [-0.4, -0.2) is 11.8 Å². The lowest BCUT2D eigenvalue weighted by Crippen LogP contribution is -2.63. The Hall–Kier alpha value is -1.09. The summed E-state index contributed by atoms with van der Waals surface area (Å²) >= 11 is 0. The lowest BCUT2D eigenvalue weighted by Gasteiger charge is -1.94. The van der Waals surface area contributed by atoms with Gasteiger partial charge in [-0.1, -0.05) is 0 Å². The molecule has 0 aliphatic heterocycles. The number of ketones is 1. The molecule has 54 valence electrons. The fraction of sp³-hybridized carbons (Fsp3) is 0.286. The van der Waals surface area contributed by atoms with Crippen molar-refractivity contribution in [3.8, 4) is 0 Å². The third kappa shape index (κ3) is 1.25. The van der Waals surface area contributed by atoms with Gasteiger partial charge in [-0.2, -0.15) is 0 Å². The molecule has 1 heterocycles. The van der Waals surface area contributed by atoms with Crippen molar-refractivity contribution < 1.29 is 14.9 Å². The molecular weight excluding hydrogens is 130 g/mol. The van der Waals surface area contributed by atoms with E-state index in [4.69, 9.17) is 4.42 Å². The summed E-state index contributed by atoms with van der Waals surface area (Å²) in [5.74, 6) is 0.340. The third-order valence-corrected chi connectivity index (χ3v) is 1.21. The summed E-state index contributed by atoms with van der Waals surface area (Å²) in [7, 11) is 0. The summed E-state index contributed by atoms with van der Waals surface area (Å²) in [5, 5.41) is 0. The first-order valence-corrected chi connectivity index (χ1v) is 3.12. The molecule has 3 nitrogen and oxygen atoms in total. The number of furan rings is 1. The van der Waals surface area contributed by atoms with Gasteiger partial charge in [0.1, 0.15) is 6.04 Å². The van der Waals surface area contributed by atoms with Crippen LogP contribution in [0, 0.1) is 0 Å². The van der Waals surface area contributed by atoms with Gasteiger partial charge in [0.15, 0.2) is 5.76 Å². The van der Waals surface area contributed by atoms with E-state index in [1.165, 1.54) is 6.26 Å². The lowest BCUT2D eigenvalue weighted by atomic mass is 10.2. The number of carbonyl (C=O) groups is 1. The summed E-state index contributed by atoms with van der Waals surface area (Å²) in [6, 6.07) is 3.10. The Morgan fingerprint density at radius 3 is 2.90 bits per heavy atom. The Labute approximate surface area is 58.8 Å². The van der Waals surface area contributed by atoms with E-state index in [1.54, 1.807) is 19.1 Å². The van der Waals surface area contributed by atoms with Crippen molar-refractivity contribution in [2.75, 3.05) is 0 Å². The van der Waals surface area contributed by atoms with Crippen LogP contribution in [0.25, 0.3) is 0 Å². The molecule has 1 aromatic heterocycles. The van der Waals surface area contributed by atoms with Crippen LogP contribution in [0.5, 0.6) is 0 Å². The maximum atomic E-state index is 11.0. The highest BCUT2D eigenvalue weighted by Gasteiger charge is 2.15. The van der Waals surface area contributed by atoms with Crippen LogP contribution >= 0.6 is 0 Å². The first-order chi connectivity index (χ1) is 4.72. The minimum atomic E-state index is -0.230. The van der Waals surface area contributed by atoms with Gasteiger partial charge in [-0.25, -0.2) is 0 Å². The molecule has 0 aliphatic rings. The Morgan fingerprint density at radius 2 is 2.50 bits per heavy atom. The summed E-state index contributed by atoms with van der Waals surface area (Å²) in [6.45, 7) is 1.74. The molecule has 0 radical (unpaired) electrons. The highest BCUT2D eigenvalue weighted by Crippen LogP contribution is 2.01. The van der Waals surface area contributed by atoms with Gasteiger partial charge in [-0.05, 0) is 19.1 Å². The SMILES string of the molecule is CC([NH3+])C(=O)c1ccco1. The van der Waals surface area contributed by atoms with Crippen molar-refractivity contribution in [2.45, 2.75) is 13.0 Å². The molecule has 1 rings (SSSR count). The second-order valence-electron chi connectivity index (χ2n) is 2.24. The molecule has 1 atom stereocenters. The van der Waals surface area contributed by atoms with Gasteiger partial charge in [0, 0.05) is 0 Å². The zero-order valence-electron chi connectivity index (χ0n) is 5.83. The largest absolute Gasteiger partial charge is 0.461 e. The Balaban J connectivity index is 2.78. The first-order valence-electron chi connectivity index (χ1n) is 3.12. The summed E-state index contributed by atoms with van der Waals surface area (Å²) in [6.07, 6.45) is 1.48. The molecule has 0 aliphatic carbocycles. The average Bonchev–Trinajstić information content (AvgIpc) is 2.36. The van der Waals surface area contributed by atoms with E-state index in [1.807, 2.05) is 0 Å². The van der Waals surface area contributed by atoms with Gasteiger partial charge < -0.3 is 10.2 Å². The molecule has 0 fully saturated rings. The van der Waals surface area contributed by atoms with Crippen LogP contribution in [-0.2, 0) is 0 Å². The predicted octanol–water partition coefficient (Wildman–Crippen LogP) is 0.0927. The smallest absolute Gasteiger partial charge is 0.254 e.